The van der Waals surface area contributed by atoms with E-state index in [1.807, 2.05) is 55.3 Å². The van der Waals surface area contributed by atoms with Crippen LogP contribution < -0.4 is 0 Å². The summed E-state index contributed by atoms with van der Waals surface area (Å²) in [5.41, 5.74) is 3.88. The monoisotopic (exact) mass is 387 g/mol. The number of fused-ring (bicyclic) bond motifs is 2. The van der Waals surface area contributed by atoms with E-state index < -0.39 is 6.04 Å². The molecule has 2 aromatic carbocycles. The van der Waals surface area contributed by atoms with E-state index in [1.54, 1.807) is 4.90 Å². The van der Waals surface area contributed by atoms with Crippen LogP contribution in [0.25, 0.3) is 10.9 Å². The maximum atomic E-state index is 13.4. The maximum Gasteiger partial charge on any atom is 0.255 e. The summed E-state index contributed by atoms with van der Waals surface area (Å²) >= 11 is 0. The average molecular weight is 387 g/mol. The Morgan fingerprint density at radius 3 is 2.48 bits per heavy atom. The summed E-state index contributed by atoms with van der Waals surface area (Å²) in [7, 11) is 2.03. The van der Waals surface area contributed by atoms with Crippen LogP contribution in [0.1, 0.15) is 47.3 Å². The van der Waals surface area contributed by atoms with E-state index in [0.29, 0.717) is 5.56 Å². The summed E-state index contributed by atoms with van der Waals surface area (Å²) in [6.07, 6.45) is 4.18. The van der Waals surface area contributed by atoms with Gasteiger partial charge in [0.05, 0.1) is 6.04 Å². The second-order valence-electron chi connectivity index (χ2n) is 8.12. The highest BCUT2D eigenvalue weighted by atomic mass is 16.2. The van der Waals surface area contributed by atoms with Crippen molar-refractivity contribution in [2.24, 2.45) is 7.05 Å². The number of likely N-dealkylation sites (tertiary alicyclic amines) is 1. The number of aryl methyl sites for hydroxylation is 1. The molecule has 0 radical (unpaired) electrons. The fourth-order valence-electron chi connectivity index (χ4n) is 4.96. The minimum Gasteiger partial charge on any atom is -0.350 e. The molecule has 3 aromatic rings. The highest BCUT2D eigenvalue weighted by Gasteiger charge is 2.44. The molecule has 29 heavy (non-hydrogen) atoms. The van der Waals surface area contributed by atoms with Crippen molar-refractivity contribution < 1.29 is 9.59 Å². The Hall–Kier alpha value is -3.08. The van der Waals surface area contributed by atoms with E-state index in [1.165, 1.54) is 0 Å². The van der Waals surface area contributed by atoms with Gasteiger partial charge in [-0.1, -0.05) is 36.4 Å². The lowest BCUT2D eigenvalue weighted by molar-refractivity contribution is -0.134. The predicted molar refractivity (Wildman–Crippen MR) is 113 cm³/mol. The van der Waals surface area contributed by atoms with Crippen LogP contribution in [-0.4, -0.2) is 45.3 Å². The molecule has 1 fully saturated rings. The SMILES string of the molecule is CC(C(=O)N1CCCC1)N1C(=O)c2ccccc2C1c1cn(C)c2ccccc12. The molecule has 2 aliphatic rings. The Balaban J connectivity index is 1.65. The van der Waals surface area contributed by atoms with E-state index in [9.17, 15) is 9.59 Å². The number of nitrogens with zero attached hydrogens (tertiary/aromatic N) is 3. The van der Waals surface area contributed by atoms with Gasteiger partial charge < -0.3 is 14.4 Å². The molecule has 5 rings (SSSR count). The third kappa shape index (κ3) is 2.68. The first-order chi connectivity index (χ1) is 14.1. The lowest BCUT2D eigenvalue weighted by Gasteiger charge is -2.33. The zero-order valence-corrected chi connectivity index (χ0v) is 16.8. The van der Waals surface area contributed by atoms with Gasteiger partial charge in [0.25, 0.3) is 5.91 Å². The molecule has 0 spiro atoms. The van der Waals surface area contributed by atoms with Crippen LogP contribution in [0.15, 0.2) is 54.7 Å². The van der Waals surface area contributed by atoms with Crippen LogP contribution >= 0.6 is 0 Å². The van der Waals surface area contributed by atoms with E-state index in [-0.39, 0.29) is 17.9 Å². The van der Waals surface area contributed by atoms with E-state index >= 15 is 0 Å². The third-order valence-electron chi connectivity index (χ3n) is 6.41. The van der Waals surface area contributed by atoms with Gasteiger partial charge in [-0.05, 0) is 37.5 Å². The van der Waals surface area contributed by atoms with Gasteiger partial charge >= 0.3 is 0 Å². The van der Waals surface area contributed by atoms with Crippen LogP contribution in [0.4, 0.5) is 0 Å². The van der Waals surface area contributed by atoms with Crippen LogP contribution in [-0.2, 0) is 11.8 Å². The molecule has 148 valence electrons. The van der Waals surface area contributed by atoms with Gasteiger partial charge in [-0.25, -0.2) is 0 Å². The van der Waals surface area contributed by atoms with Crippen molar-refractivity contribution in [1.82, 2.24) is 14.4 Å². The van der Waals surface area contributed by atoms with Crippen molar-refractivity contribution in [2.45, 2.75) is 31.8 Å². The standard InChI is InChI=1S/C24H25N3O2/c1-16(23(28)26-13-7-8-14-26)27-22(18-10-3-4-11-19(18)24(27)29)20-15-25(2)21-12-6-5-9-17(20)21/h3-6,9-12,15-16,22H,7-8,13-14H2,1-2H3. The summed E-state index contributed by atoms with van der Waals surface area (Å²) in [5.74, 6) is -0.00697. The number of benzene rings is 2. The Kier molecular flexibility index (Phi) is 4.19. The Labute approximate surface area is 170 Å². The minimum atomic E-state index is -0.503. The first-order valence-corrected chi connectivity index (χ1v) is 10.3. The number of carbonyl (C=O) groups is 2. The number of carbonyl (C=O) groups excluding carboxylic acids is 2. The fourth-order valence-corrected chi connectivity index (χ4v) is 4.96. The normalized spacial score (nSPS) is 19.8. The van der Waals surface area contributed by atoms with E-state index in [0.717, 1.165) is 48.0 Å². The Morgan fingerprint density at radius 2 is 1.69 bits per heavy atom. The van der Waals surface area contributed by atoms with Crippen molar-refractivity contribution in [2.75, 3.05) is 13.1 Å². The lowest BCUT2D eigenvalue weighted by atomic mass is 9.97. The summed E-state index contributed by atoms with van der Waals surface area (Å²) in [5, 5.41) is 1.12. The van der Waals surface area contributed by atoms with E-state index in [2.05, 4.69) is 22.9 Å². The molecule has 0 N–H and O–H groups in total. The number of hydrogen-bond acceptors (Lipinski definition) is 2. The summed E-state index contributed by atoms with van der Waals surface area (Å²) in [6, 6.07) is 15.2. The van der Waals surface area contributed by atoms with Crippen LogP contribution in [0.2, 0.25) is 0 Å². The number of amides is 2. The molecule has 5 nitrogen and oxygen atoms in total. The smallest absolute Gasteiger partial charge is 0.255 e. The molecule has 0 bridgehead atoms. The number of aromatic nitrogens is 1. The van der Waals surface area contributed by atoms with Crippen LogP contribution in [0.3, 0.4) is 0 Å². The van der Waals surface area contributed by atoms with Crippen molar-refractivity contribution in [3.05, 3.63) is 71.4 Å². The van der Waals surface area contributed by atoms with Gasteiger partial charge in [-0.2, -0.15) is 0 Å². The molecule has 3 heterocycles. The largest absolute Gasteiger partial charge is 0.350 e. The minimum absolute atomic E-state index is 0.0499. The molecule has 0 saturated carbocycles. The Morgan fingerprint density at radius 1 is 1.00 bits per heavy atom. The topological polar surface area (TPSA) is 45.6 Å². The summed E-state index contributed by atoms with van der Waals surface area (Å²) in [4.78, 5) is 30.3. The second kappa shape index (κ2) is 6.76. The lowest BCUT2D eigenvalue weighted by Crippen LogP contribution is -2.47. The van der Waals surface area contributed by atoms with Crippen molar-refractivity contribution >= 4 is 22.7 Å². The second-order valence-corrected chi connectivity index (χ2v) is 8.12. The molecule has 1 aromatic heterocycles. The van der Waals surface area contributed by atoms with Gasteiger partial charge in [-0.15, -0.1) is 0 Å². The molecule has 1 saturated heterocycles. The number of para-hydroxylation sites is 1. The van der Waals surface area contributed by atoms with Crippen LogP contribution in [0.5, 0.6) is 0 Å². The highest BCUT2D eigenvalue weighted by molar-refractivity contribution is 6.03. The molecule has 5 heteroatoms. The first kappa shape index (κ1) is 18.0. The molecular formula is C24H25N3O2. The predicted octanol–water partition coefficient (Wildman–Crippen LogP) is 3.73. The van der Waals surface area contributed by atoms with Gasteiger partial charge in [0.2, 0.25) is 5.91 Å². The number of hydrogen-bond donors (Lipinski definition) is 0. The fraction of sp³-hybridized carbons (Fsp3) is 0.333. The molecule has 2 unspecified atom stereocenters. The van der Waals surface area contributed by atoms with Crippen molar-refractivity contribution in [1.29, 1.82) is 0 Å². The van der Waals surface area contributed by atoms with Gasteiger partial charge in [0.1, 0.15) is 6.04 Å². The number of rotatable bonds is 3. The van der Waals surface area contributed by atoms with Crippen LogP contribution in [0, 0.1) is 0 Å². The van der Waals surface area contributed by atoms with Crippen molar-refractivity contribution in [3.8, 4) is 0 Å². The summed E-state index contributed by atoms with van der Waals surface area (Å²) in [6.45, 7) is 3.46. The zero-order chi connectivity index (χ0) is 20.1. The third-order valence-corrected chi connectivity index (χ3v) is 6.41. The Bertz CT molecular complexity index is 1110. The molecule has 2 atom stereocenters. The quantitative estimate of drug-likeness (QED) is 0.687. The summed E-state index contributed by atoms with van der Waals surface area (Å²) < 4.78 is 2.10. The molecular weight excluding hydrogens is 362 g/mol. The van der Waals surface area contributed by atoms with E-state index in [4.69, 9.17) is 0 Å². The van der Waals surface area contributed by atoms with Gasteiger partial charge in [-0.3, -0.25) is 9.59 Å². The van der Waals surface area contributed by atoms with Gasteiger partial charge in [0.15, 0.2) is 0 Å². The molecule has 2 aliphatic heterocycles. The molecule has 0 aliphatic carbocycles. The maximum absolute atomic E-state index is 13.4. The zero-order valence-electron chi connectivity index (χ0n) is 16.8. The highest BCUT2D eigenvalue weighted by Crippen LogP contribution is 2.43. The molecule has 2 amide bonds. The van der Waals surface area contributed by atoms with Gasteiger partial charge in [0, 0.05) is 48.4 Å². The first-order valence-electron chi connectivity index (χ1n) is 10.3. The average Bonchev–Trinajstić information content (AvgIpc) is 3.45. The van der Waals surface area contributed by atoms with Crippen molar-refractivity contribution in [3.63, 3.8) is 0 Å².